The van der Waals surface area contributed by atoms with Crippen molar-refractivity contribution in [1.29, 1.82) is 0 Å². The highest BCUT2D eigenvalue weighted by molar-refractivity contribution is 7.07. The van der Waals surface area contributed by atoms with E-state index < -0.39 is 12.0 Å². The summed E-state index contributed by atoms with van der Waals surface area (Å²) in [6.45, 7) is 9.13. The first-order valence-electron chi connectivity index (χ1n) is 13.9. The Kier molecular flexibility index (Phi) is 10.2. The highest BCUT2D eigenvalue weighted by Gasteiger charge is 2.33. The molecule has 3 aromatic rings. The quantitative estimate of drug-likeness (QED) is 0.228. The molecular weight excluding hydrogens is 540 g/mol. The Morgan fingerprint density at radius 2 is 1.83 bits per heavy atom. The van der Waals surface area contributed by atoms with Gasteiger partial charge in [0.15, 0.2) is 16.3 Å². The molecule has 0 saturated heterocycles. The molecule has 8 nitrogen and oxygen atoms in total. The highest BCUT2D eigenvalue weighted by Crippen LogP contribution is 2.32. The van der Waals surface area contributed by atoms with Crippen molar-refractivity contribution in [2.75, 3.05) is 34.0 Å². The lowest BCUT2D eigenvalue weighted by Crippen LogP contribution is -2.40. The van der Waals surface area contributed by atoms with Crippen molar-refractivity contribution < 1.29 is 23.7 Å². The maximum atomic E-state index is 13.9. The molecular formula is C32H38N2O6S. The molecule has 1 aliphatic heterocycles. The first-order valence-corrected chi connectivity index (χ1v) is 14.7. The van der Waals surface area contributed by atoms with Gasteiger partial charge in [0.2, 0.25) is 0 Å². The van der Waals surface area contributed by atoms with Crippen molar-refractivity contribution in [3.8, 4) is 11.5 Å². The second kappa shape index (κ2) is 13.8. The van der Waals surface area contributed by atoms with Gasteiger partial charge in [-0.25, -0.2) is 9.79 Å². The number of ether oxygens (including phenoxy) is 4. The number of thiazole rings is 1. The lowest BCUT2D eigenvalue weighted by Gasteiger charge is -2.25. The van der Waals surface area contributed by atoms with E-state index in [1.54, 1.807) is 25.7 Å². The van der Waals surface area contributed by atoms with Crippen LogP contribution in [0.5, 0.6) is 11.5 Å². The van der Waals surface area contributed by atoms with E-state index in [0.29, 0.717) is 44.6 Å². The van der Waals surface area contributed by atoms with E-state index in [0.717, 1.165) is 24.0 Å². The van der Waals surface area contributed by atoms with Gasteiger partial charge >= 0.3 is 5.97 Å². The second-order valence-electron chi connectivity index (χ2n) is 10.1. The number of allylic oxidation sites excluding steroid dienone is 1. The Balaban J connectivity index is 1.80. The second-order valence-corrected chi connectivity index (χ2v) is 11.2. The van der Waals surface area contributed by atoms with E-state index in [4.69, 9.17) is 18.9 Å². The van der Waals surface area contributed by atoms with Crippen LogP contribution in [0, 0.1) is 0 Å². The lowest BCUT2D eigenvalue weighted by atomic mass is 9.93. The Morgan fingerprint density at radius 3 is 2.49 bits per heavy atom. The topological polar surface area (TPSA) is 88.4 Å². The molecule has 0 aliphatic carbocycles. The molecule has 0 spiro atoms. The molecule has 0 N–H and O–H groups in total. The van der Waals surface area contributed by atoms with Crippen LogP contribution in [0.1, 0.15) is 69.2 Å². The van der Waals surface area contributed by atoms with Gasteiger partial charge in [-0.2, -0.15) is 0 Å². The first kappa shape index (κ1) is 30.3. The number of methoxy groups -OCH3 is 2. The van der Waals surface area contributed by atoms with Gasteiger partial charge in [-0.05, 0) is 54.2 Å². The maximum Gasteiger partial charge on any atom is 0.338 e. The summed E-state index contributed by atoms with van der Waals surface area (Å²) in [5.41, 5.74) is 3.40. The zero-order valence-corrected chi connectivity index (χ0v) is 25.4. The molecule has 0 bridgehead atoms. The van der Waals surface area contributed by atoms with Gasteiger partial charge in [-0.15, -0.1) is 0 Å². The monoisotopic (exact) mass is 578 g/mol. The van der Waals surface area contributed by atoms with E-state index in [9.17, 15) is 9.59 Å². The summed E-state index contributed by atoms with van der Waals surface area (Å²) in [7, 11) is 3.14. The number of rotatable bonds is 12. The third-order valence-electron chi connectivity index (χ3n) is 6.92. The van der Waals surface area contributed by atoms with Crippen LogP contribution in [0.2, 0.25) is 0 Å². The van der Waals surface area contributed by atoms with Crippen LogP contribution in [0.3, 0.4) is 0 Å². The van der Waals surface area contributed by atoms with Crippen LogP contribution in [0.25, 0.3) is 6.08 Å². The van der Waals surface area contributed by atoms with Crippen LogP contribution in [0.15, 0.2) is 63.5 Å². The number of hydrogen-bond donors (Lipinski definition) is 0. The van der Waals surface area contributed by atoms with Crippen LogP contribution in [0.4, 0.5) is 0 Å². The van der Waals surface area contributed by atoms with Gasteiger partial charge in [0, 0.05) is 7.11 Å². The van der Waals surface area contributed by atoms with Gasteiger partial charge in [0.25, 0.3) is 5.56 Å². The lowest BCUT2D eigenvalue weighted by molar-refractivity contribution is -0.140. The smallest absolute Gasteiger partial charge is 0.338 e. The summed E-state index contributed by atoms with van der Waals surface area (Å²) in [4.78, 5) is 32.5. The van der Waals surface area contributed by atoms with E-state index in [-0.39, 0.29) is 18.8 Å². The number of carbonyl (C=O) groups is 1. The number of aromatic nitrogens is 1. The third kappa shape index (κ3) is 6.80. The number of carbonyl (C=O) groups excluding carboxylic acids is 1. The van der Waals surface area contributed by atoms with Gasteiger partial charge in [-0.3, -0.25) is 9.36 Å². The van der Waals surface area contributed by atoms with Crippen molar-refractivity contribution >= 4 is 23.4 Å². The average Bonchev–Trinajstić information content (AvgIpc) is 3.26. The van der Waals surface area contributed by atoms with Crippen molar-refractivity contribution in [2.45, 2.75) is 52.5 Å². The predicted octanol–water partition coefficient (Wildman–Crippen LogP) is 4.74. The van der Waals surface area contributed by atoms with Crippen molar-refractivity contribution in [2.24, 2.45) is 4.99 Å². The van der Waals surface area contributed by atoms with E-state index in [1.165, 1.54) is 16.9 Å². The van der Waals surface area contributed by atoms with Gasteiger partial charge in [0.05, 0.1) is 42.2 Å². The Bertz CT molecular complexity index is 1580. The zero-order chi connectivity index (χ0) is 29.5. The zero-order valence-electron chi connectivity index (χ0n) is 24.6. The summed E-state index contributed by atoms with van der Waals surface area (Å²) < 4.78 is 24.1. The van der Waals surface area contributed by atoms with Gasteiger partial charge in [0.1, 0.15) is 6.61 Å². The molecule has 0 amide bonds. The molecule has 9 heteroatoms. The van der Waals surface area contributed by atoms with E-state index in [1.807, 2.05) is 48.5 Å². The summed E-state index contributed by atoms with van der Waals surface area (Å²) in [6, 6.07) is 13.0. The molecule has 0 saturated carbocycles. The Hall–Kier alpha value is -3.69. The van der Waals surface area contributed by atoms with Crippen LogP contribution in [-0.2, 0) is 14.3 Å². The SMILES string of the molecule is CCCCOc1ccc(C=c2sc3n(c2=O)C(c2ccc(C(C)C)cc2)C(C(=O)OCCOC)=C(C)N=3)cc1OC. The fourth-order valence-electron chi connectivity index (χ4n) is 4.63. The van der Waals surface area contributed by atoms with Crippen LogP contribution >= 0.6 is 11.3 Å². The molecule has 1 aromatic heterocycles. The molecule has 1 atom stereocenters. The Labute approximate surface area is 244 Å². The molecule has 0 fully saturated rings. The number of unbranched alkanes of at least 4 members (excludes halogenated alkanes) is 1. The normalized spacial score (nSPS) is 15.1. The Morgan fingerprint density at radius 1 is 1.07 bits per heavy atom. The fraction of sp³-hybridized carbons (Fsp3) is 0.406. The molecule has 0 radical (unpaired) electrons. The van der Waals surface area contributed by atoms with Gasteiger partial charge in [-0.1, -0.05) is 68.9 Å². The maximum absolute atomic E-state index is 13.9. The fourth-order valence-corrected chi connectivity index (χ4v) is 5.67. The largest absolute Gasteiger partial charge is 0.493 e. The summed E-state index contributed by atoms with van der Waals surface area (Å²) >= 11 is 1.29. The molecule has 1 aliphatic rings. The standard InChI is InChI=1S/C32H38N2O6S/c1-7-8-15-39-25-14-9-22(18-26(25)38-6)19-27-30(35)34-29(24-12-10-23(11-13-24)20(2)3)28(21(4)33-32(34)41-27)31(36)40-17-16-37-5/h9-14,18-20,29H,7-8,15-17H2,1-6H3. The molecule has 41 heavy (non-hydrogen) atoms. The minimum absolute atomic E-state index is 0.107. The summed E-state index contributed by atoms with van der Waals surface area (Å²) in [6.07, 6.45) is 3.81. The van der Waals surface area contributed by atoms with Crippen LogP contribution in [-0.4, -0.2) is 44.6 Å². The van der Waals surface area contributed by atoms with E-state index in [2.05, 4.69) is 25.8 Å². The third-order valence-corrected chi connectivity index (χ3v) is 7.90. The van der Waals surface area contributed by atoms with Crippen molar-refractivity contribution in [1.82, 2.24) is 4.57 Å². The molecule has 4 rings (SSSR count). The first-order chi connectivity index (χ1) is 19.8. The molecule has 1 unspecified atom stereocenters. The van der Waals surface area contributed by atoms with Crippen molar-refractivity contribution in [3.05, 3.63) is 90.1 Å². The number of hydrogen-bond acceptors (Lipinski definition) is 8. The summed E-state index contributed by atoms with van der Waals surface area (Å²) in [5, 5.41) is 0. The molecule has 2 heterocycles. The summed E-state index contributed by atoms with van der Waals surface area (Å²) in [5.74, 6) is 1.10. The van der Waals surface area contributed by atoms with Crippen molar-refractivity contribution in [3.63, 3.8) is 0 Å². The highest BCUT2D eigenvalue weighted by atomic mass is 32.1. The minimum atomic E-state index is -0.673. The molecule has 218 valence electrons. The predicted molar refractivity (Wildman–Crippen MR) is 161 cm³/mol. The number of esters is 1. The average molecular weight is 579 g/mol. The number of nitrogens with zero attached hydrogens (tertiary/aromatic N) is 2. The molecule has 2 aromatic carbocycles. The van der Waals surface area contributed by atoms with Gasteiger partial charge < -0.3 is 18.9 Å². The minimum Gasteiger partial charge on any atom is -0.493 e. The van der Waals surface area contributed by atoms with E-state index >= 15 is 0 Å². The number of benzene rings is 2. The van der Waals surface area contributed by atoms with Crippen LogP contribution < -0.4 is 24.4 Å². The number of fused-ring (bicyclic) bond motifs is 1.